The predicted octanol–water partition coefficient (Wildman–Crippen LogP) is 4.02. The van der Waals surface area contributed by atoms with Gasteiger partial charge in [-0.25, -0.2) is 0 Å². The van der Waals surface area contributed by atoms with E-state index in [2.05, 4.69) is 55.0 Å². The van der Waals surface area contributed by atoms with Gasteiger partial charge in [-0.3, -0.25) is 4.79 Å². The molecule has 2 fully saturated rings. The van der Waals surface area contributed by atoms with Crippen molar-refractivity contribution in [3.63, 3.8) is 0 Å². The molecule has 0 aliphatic carbocycles. The van der Waals surface area contributed by atoms with E-state index in [4.69, 9.17) is 9.90 Å². The minimum absolute atomic E-state index is 0. The van der Waals surface area contributed by atoms with Crippen LogP contribution >= 0.6 is 24.8 Å². The number of nitrogens with zero attached hydrogens (tertiary/aromatic N) is 2. The maximum Gasteiger partial charge on any atom is 0.300 e. The smallest absolute Gasteiger partial charge is 0.300 e. The predicted molar refractivity (Wildman–Crippen MR) is 123 cm³/mol. The summed E-state index contributed by atoms with van der Waals surface area (Å²) in [6.07, 6.45) is 4.75. The van der Waals surface area contributed by atoms with Gasteiger partial charge >= 0.3 is 0 Å². The molecule has 2 saturated heterocycles. The Morgan fingerprint density at radius 3 is 2.17 bits per heavy atom. The number of rotatable bonds is 3. The third-order valence-corrected chi connectivity index (χ3v) is 6.21. The van der Waals surface area contributed by atoms with Gasteiger partial charge in [-0.1, -0.05) is 43.7 Å². The molecule has 1 aromatic rings. The molecule has 5 nitrogen and oxygen atoms in total. The summed E-state index contributed by atoms with van der Waals surface area (Å²) in [5.41, 5.74) is 0.185. The van der Waals surface area contributed by atoms with Crippen LogP contribution in [0.1, 0.15) is 52.0 Å². The van der Waals surface area contributed by atoms with E-state index in [0.29, 0.717) is 6.04 Å². The Kier molecular flexibility index (Phi) is 11.8. The van der Waals surface area contributed by atoms with Crippen LogP contribution in [0.2, 0.25) is 0 Å². The first-order valence-corrected chi connectivity index (χ1v) is 10.1. The van der Waals surface area contributed by atoms with Crippen molar-refractivity contribution < 1.29 is 15.0 Å². The molecule has 168 valence electrons. The van der Waals surface area contributed by atoms with Crippen LogP contribution in [-0.2, 0) is 10.4 Å². The van der Waals surface area contributed by atoms with Crippen molar-refractivity contribution in [3.8, 4) is 0 Å². The molecule has 2 heterocycles. The van der Waals surface area contributed by atoms with Gasteiger partial charge in [0.05, 0.1) is 5.60 Å². The van der Waals surface area contributed by atoms with Gasteiger partial charge in [0.1, 0.15) is 0 Å². The van der Waals surface area contributed by atoms with Gasteiger partial charge in [-0.05, 0) is 51.9 Å². The number of aliphatic hydroxyl groups is 1. The molecule has 0 aromatic heterocycles. The molecule has 7 heteroatoms. The summed E-state index contributed by atoms with van der Waals surface area (Å²) in [4.78, 5) is 14.0. The van der Waals surface area contributed by atoms with Crippen LogP contribution in [-0.4, -0.2) is 65.3 Å². The largest absolute Gasteiger partial charge is 0.481 e. The van der Waals surface area contributed by atoms with Crippen LogP contribution in [0, 0.1) is 5.41 Å². The summed E-state index contributed by atoms with van der Waals surface area (Å²) in [5, 5.41) is 19.2. The highest BCUT2D eigenvalue weighted by Crippen LogP contribution is 2.48. The SMILES string of the molecule is CC(=O)O.CC1CC(O)(c2ccccc2)C(C)(CN2CCCCC2)CN1C.Cl.Cl. The first-order valence-electron chi connectivity index (χ1n) is 10.1. The number of hydrogen-bond acceptors (Lipinski definition) is 4. The van der Waals surface area contributed by atoms with E-state index >= 15 is 0 Å². The molecule has 0 amide bonds. The topological polar surface area (TPSA) is 64.0 Å². The van der Waals surface area contributed by atoms with Crippen molar-refractivity contribution in [2.75, 3.05) is 33.2 Å². The Hall–Kier alpha value is -0.850. The fourth-order valence-corrected chi connectivity index (χ4v) is 4.64. The first-order chi connectivity index (χ1) is 12.7. The van der Waals surface area contributed by atoms with Crippen LogP contribution in [0.25, 0.3) is 0 Å². The van der Waals surface area contributed by atoms with E-state index < -0.39 is 11.6 Å². The standard InChI is InChI=1S/C20H32N2O.C2H4O2.2ClH/c1-17-14-20(23,18-10-6-4-7-11-18)19(2,15-21(17)3)16-22-12-8-5-9-13-22;1-2(3)4;;/h4,6-7,10-11,17,23H,5,8-9,12-16H2,1-3H3;1H3,(H,3,4);2*1H. The van der Waals surface area contributed by atoms with Crippen LogP contribution in [0.3, 0.4) is 0 Å². The molecule has 3 rings (SSSR count). The van der Waals surface area contributed by atoms with E-state index in [1.165, 1.54) is 32.4 Å². The zero-order chi connectivity index (χ0) is 20.1. The second-order valence-corrected chi connectivity index (χ2v) is 8.61. The average Bonchev–Trinajstić information content (AvgIpc) is 2.61. The molecule has 29 heavy (non-hydrogen) atoms. The molecular weight excluding hydrogens is 411 g/mol. The molecule has 0 bridgehead atoms. The van der Waals surface area contributed by atoms with E-state index in [1.54, 1.807) is 0 Å². The zero-order valence-corrected chi connectivity index (χ0v) is 19.8. The van der Waals surface area contributed by atoms with Gasteiger partial charge in [-0.15, -0.1) is 24.8 Å². The van der Waals surface area contributed by atoms with E-state index in [-0.39, 0.29) is 30.2 Å². The highest BCUT2D eigenvalue weighted by Gasteiger charge is 2.53. The summed E-state index contributed by atoms with van der Waals surface area (Å²) < 4.78 is 0. The fourth-order valence-electron chi connectivity index (χ4n) is 4.64. The summed E-state index contributed by atoms with van der Waals surface area (Å²) in [7, 11) is 2.20. The Morgan fingerprint density at radius 2 is 1.66 bits per heavy atom. The van der Waals surface area contributed by atoms with Gasteiger partial charge in [0.2, 0.25) is 0 Å². The second kappa shape index (κ2) is 12.1. The zero-order valence-electron chi connectivity index (χ0n) is 18.1. The normalized spacial score (nSPS) is 30.2. The number of aliphatic carboxylic acids is 1. The lowest BCUT2D eigenvalue weighted by molar-refractivity contribution is -0.155. The highest BCUT2D eigenvalue weighted by atomic mass is 35.5. The van der Waals surface area contributed by atoms with Crippen molar-refractivity contribution in [2.24, 2.45) is 5.41 Å². The van der Waals surface area contributed by atoms with Gasteiger partial charge in [0.15, 0.2) is 0 Å². The quantitative estimate of drug-likeness (QED) is 0.730. The number of hydrogen-bond donors (Lipinski definition) is 2. The summed E-state index contributed by atoms with van der Waals surface area (Å²) in [6, 6.07) is 10.7. The molecule has 0 saturated carbocycles. The van der Waals surface area contributed by atoms with Crippen molar-refractivity contribution >= 4 is 30.8 Å². The second-order valence-electron chi connectivity index (χ2n) is 8.61. The molecule has 0 spiro atoms. The van der Waals surface area contributed by atoms with Crippen LogP contribution in [0.15, 0.2) is 30.3 Å². The number of piperidine rings is 2. The van der Waals surface area contributed by atoms with Gasteiger partial charge in [0, 0.05) is 31.5 Å². The molecule has 2 aliphatic rings. The number of carboxylic acids is 1. The molecule has 0 radical (unpaired) electrons. The van der Waals surface area contributed by atoms with Crippen molar-refractivity contribution in [2.45, 2.75) is 58.1 Å². The van der Waals surface area contributed by atoms with E-state index in [0.717, 1.165) is 32.0 Å². The van der Waals surface area contributed by atoms with Gasteiger partial charge < -0.3 is 20.0 Å². The molecular formula is C22H38Cl2N2O3. The Balaban J connectivity index is 0.00000120. The lowest BCUT2D eigenvalue weighted by Crippen LogP contribution is -2.62. The minimum Gasteiger partial charge on any atom is -0.481 e. The summed E-state index contributed by atoms with van der Waals surface area (Å²) in [6.45, 7) is 9.89. The summed E-state index contributed by atoms with van der Waals surface area (Å²) >= 11 is 0. The Bertz CT molecular complexity index is 609. The van der Waals surface area contributed by atoms with Crippen molar-refractivity contribution in [1.29, 1.82) is 0 Å². The van der Waals surface area contributed by atoms with Crippen LogP contribution in [0.4, 0.5) is 0 Å². The minimum atomic E-state index is -0.833. The van der Waals surface area contributed by atoms with Gasteiger partial charge in [-0.2, -0.15) is 0 Å². The number of carboxylic acid groups (broad SMARTS) is 1. The van der Waals surface area contributed by atoms with E-state index in [9.17, 15) is 5.11 Å². The van der Waals surface area contributed by atoms with Crippen molar-refractivity contribution in [3.05, 3.63) is 35.9 Å². The summed E-state index contributed by atoms with van der Waals surface area (Å²) in [5.74, 6) is -0.833. The maximum absolute atomic E-state index is 11.8. The van der Waals surface area contributed by atoms with Crippen molar-refractivity contribution in [1.82, 2.24) is 9.80 Å². The molecule has 2 aliphatic heterocycles. The molecule has 3 unspecified atom stereocenters. The molecule has 3 atom stereocenters. The van der Waals surface area contributed by atoms with Crippen LogP contribution < -0.4 is 0 Å². The highest BCUT2D eigenvalue weighted by molar-refractivity contribution is 5.85. The van der Waals surface area contributed by atoms with Crippen LogP contribution in [0.5, 0.6) is 0 Å². The number of likely N-dealkylation sites (tertiary alicyclic amines) is 2. The number of carbonyl (C=O) groups is 1. The molecule has 1 aromatic carbocycles. The Morgan fingerprint density at radius 1 is 1.14 bits per heavy atom. The monoisotopic (exact) mass is 448 g/mol. The maximum atomic E-state index is 11.8. The fraction of sp³-hybridized carbons (Fsp3) is 0.682. The van der Waals surface area contributed by atoms with Gasteiger partial charge in [0.25, 0.3) is 5.97 Å². The average molecular weight is 449 g/mol. The van der Waals surface area contributed by atoms with E-state index in [1.807, 2.05) is 6.07 Å². The third kappa shape index (κ3) is 7.11. The number of benzene rings is 1. The Labute approximate surface area is 188 Å². The third-order valence-electron chi connectivity index (χ3n) is 6.21. The molecule has 2 N–H and O–H groups in total. The lowest BCUT2D eigenvalue weighted by atomic mass is 9.63. The first kappa shape index (κ1) is 28.1. The number of halogens is 2. The lowest BCUT2D eigenvalue weighted by Gasteiger charge is -2.55.